The maximum Gasteiger partial charge on any atom is 0.285 e. The molecule has 1 aliphatic heterocycles. The van der Waals surface area contributed by atoms with Crippen LogP contribution in [0.4, 0.5) is 5.69 Å². The van der Waals surface area contributed by atoms with Gasteiger partial charge in [0, 0.05) is 5.69 Å². The number of nitrogens with zero attached hydrogens (tertiary/aromatic N) is 3. The molecule has 0 bridgehead atoms. The number of carbonyl (C=O) groups excluding carboxylic acids is 1. The molecule has 108 valence electrons. The van der Waals surface area contributed by atoms with Crippen molar-refractivity contribution in [1.29, 1.82) is 0 Å². The molecular weight excluding hydrogens is 290 g/mol. The van der Waals surface area contributed by atoms with E-state index in [-0.39, 0.29) is 24.9 Å². The lowest BCUT2D eigenvalue weighted by atomic mass is 10.3. The highest BCUT2D eigenvalue weighted by Gasteiger charge is 2.24. The van der Waals surface area contributed by atoms with Gasteiger partial charge in [0.2, 0.25) is 0 Å². The van der Waals surface area contributed by atoms with Crippen molar-refractivity contribution >= 4 is 29.9 Å². The molecular formula is C15H14ClN3O2. The van der Waals surface area contributed by atoms with Crippen molar-refractivity contribution in [3.05, 3.63) is 59.9 Å². The Bertz CT molecular complexity index is 674. The number of anilines is 1. The van der Waals surface area contributed by atoms with Gasteiger partial charge in [-0.2, -0.15) is 5.01 Å². The van der Waals surface area contributed by atoms with Crippen LogP contribution in [-0.4, -0.2) is 23.4 Å². The van der Waals surface area contributed by atoms with Crippen LogP contribution in [0.15, 0.2) is 53.6 Å². The smallest absolute Gasteiger partial charge is 0.285 e. The number of benzene rings is 1. The molecule has 5 nitrogen and oxygen atoms in total. The number of hydrogen-bond donors (Lipinski definition) is 0. The Morgan fingerprint density at radius 3 is 2.57 bits per heavy atom. The predicted octanol–water partition coefficient (Wildman–Crippen LogP) is 2.54. The Morgan fingerprint density at radius 2 is 1.86 bits per heavy atom. The molecule has 0 aliphatic carbocycles. The predicted molar refractivity (Wildman–Crippen MR) is 82.6 cm³/mol. The van der Waals surface area contributed by atoms with E-state index in [1.807, 2.05) is 55.5 Å². The van der Waals surface area contributed by atoms with Gasteiger partial charge in [0.15, 0.2) is 6.61 Å². The van der Waals surface area contributed by atoms with E-state index < -0.39 is 0 Å². The Morgan fingerprint density at radius 1 is 1.10 bits per heavy atom. The molecule has 0 saturated heterocycles. The zero-order chi connectivity index (χ0) is 13.9. The lowest BCUT2D eigenvalue weighted by Crippen LogP contribution is -2.37. The fourth-order valence-electron chi connectivity index (χ4n) is 1.92. The summed E-state index contributed by atoms with van der Waals surface area (Å²) in [6.45, 7) is 1.86. The fraction of sp³-hybridized carbons (Fsp3) is 0.133. The van der Waals surface area contributed by atoms with E-state index in [2.05, 4.69) is 10.1 Å². The third kappa shape index (κ3) is 3.20. The molecule has 0 atom stereocenters. The first-order chi connectivity index (χ1) is 9.74. The summed E-state index contributed by atoms with van der Waals surface area (Å²) in [4.78, 5) is 16.3. The number of para-hydroxylation sites is 1. The van der Waals surface area contributed by atoms with Gasteiger partial charge in [-0.1, -0.05) is 24.3 Å². The van der Waals surface area contributed by atoms with Crippen LogP contribution in [0.25, 0.3) is 0 Å². The Balaban J connectivity index is 0.00000161. The van der Waals surface area contributed by atoms with Gasteiger partial charge in [-0.15, -0.1) is 17.5 Å². The minimum absolute atomic E-state index is 0. The molecule has 2 aromatic rings. The van der Waals surface area contributed by atoms with Crippen molar-refractivity contribution in [2.75, 3.05) is 11.6 Å². The van der Waals surface area contributed by atoms with Gasteiger partial charge in [-0.05, 0) is 31.2 Å². The summed E-state index contributed by atoms with van der Waals surface area (Å²) in [5, 5.41) is 5.61. The molecule has 0 N–H and O–H groups in total. The number of aryl methyl sites for hydroxylation is 1. The lowest BCUT2D eigenvalue weighted by molar-refractivity contribution is -0.121. The van der Waals surface area contributed by atoms with Crippen LogP contribution < -0.4 is 5.01 Å². The second kappa shape index (κ2) is 6.37. The molecule has 6 heteroatoms. The molecule has 21 heavy (non-hydrogen) atoms. The summed E-state index contributed by atoms with van der Waals surface area (Å²) in [6.07, 6.45) is 0. The number of ether oxygens (including phenoxy) is 1. The third-order valence-corrected chi connectivity index (χ3v) is 2.87. The van der Waals surface area contributed by atoms with E-state index in [1.54, 1.807) is 0 Å². The van der Waals surface area contributed by atoms with E-state index in [1.165, 1.54) is 5.01 Å². The molecule has 1 aliphatic rings. The zero-order valence-corrected chi connectivity index (χ0v) is 12.2. The number of amides is 1. The first-order valence-electron chi connectivity index (χ1n) is 6.27. The van der Waals surface area contributed by atoms with Crippen LogP contribution in [0.1, 0.15) is 11.4 Å². The molecule has 0 spiro atoms. The number of pyridine rings is 1. The van der Waals surface area contributed by atoms with Gasteiger partial charge in [0.25, 0.3) is 11.8 Å². The molecule has 0 fully saturated rings. The number of halogens is 1. The van der Waals surface area contributed by atoms with Crippen LogP contribution in [0.2, 0.25) is 0 Å². The molecule has 1 amide bonds. The lowest BCUT2D eigenvalue weighted by Gasteiger charge is -2.23. The molecule has 1 aromatic heterocycles. The second-order valence-electron chi connectivity index (χ2n) is 4.40. The number of carbonyl (C=O) groups is 1. The zero-order valence-electron chi connectivity index (χ0n) is 11.4. The van der Waals surface area contributed by atoms with Gasteiger partial charge in [0.1, 0.15) is 5.69 Å². The van der Waals surface area contributed by atoms with Crippen LogP contribution >= 0.6 is 12.4 Å². The quantitative estimate of drug-likeness (QED) is 0.856. The van der Waals surface area contributed by atoms with Crippen molar-refractivity contribution in [2.45, 2.75) is 6.92 Å². The van der Waals surface area contributed by atoms with E-state index in [0.717, 1.165) is 5.69 Å². The van der Waals surface area contributed by atoms with Crippen LogP contribution in [0.3, 0.4) is 0 Å². The first-order valence-corrected chi connectivity index (χ1v) is 6.27. The summed E-state index contributed by atoms with van der Waals surface area (Å²) in [7, 11) is 0. The standard InChI is InChI=1S/C15H13N3O2.ClH/c1-11-6-5-9-13(16-11)15-17-18(14(19)10-20-15)12-7-3-2-4-8-12;/h2-9H,10H2,1H3;1H. The molecule has 0 saturated carbocycles. The number of hydrogen-bond acceptors (Lipinski definition) is 4. The number of hydrazone groups is 1. The average Bonchev–Trinajstić information content (AvgIpc) is 2.48. The largest absolute Gasteiger partial charge is 0.465 e. The average molecular weight is 304 g/mol. The number of rotatable bonds is 2. The number of aromatic nitrogens is 1. The van der Waals surface area contributed by atoms with Gasteiger partial charge in [-0.3, -0.25) is 4.79 Å². The van der Waals surface area contributed by atoms with Gasteiger partial charge >= 0.3 is 0 Å². The summed E-state index contributed by atoms with van der Waals surface area (Å²) >= 11 is 0. The van der Waals surface area contributed by atoms with E-state index in [4.69, 9.17) is 4.74 Å². The van der Waals surface area contributed by atoms with Crippen LogP contribution in [0, 0.1) is 6.92 Å². The van der Waals surface area contributed by atoms with Gasteiger partial charge in [-0.25, -0.2) is 4.98 Å². The third-order valence-electron chi connectivity index (χ3n) is 2.87. The van der Waals surface area contributed by atoms with Gasteiger partial charge in [0.05, 0.1) is 5.69 Å². The van der Waals surface area contributed by atoms with Crippen LogP contribution in [0.5, 0.6) is 0 Å². The fourth-order valence-corrected chi connectivity index (χ4v) is 1.92. The summed E-state index contributed by atoms with van der Waals surface area (Å²) < 4.78 is 5.38. The minimum Gasteiger partial charge on any atom is -0.465 e. The highest BCUT2D eigenvalue weighted by Crippen LogP contribution is 2.18. The monoisotopic (exact) mass is 303 g/mol. The molecule has 3 rings (SSSR count). The van der Waals surface area contributed by atoms with E-state index in [9.17, 15) is 4.79 Å². The van der Waals surface area contributed by atoms with E-state index >= 15 is 0 Å². The topological polar surface area (TPSA) is 54.8 Å². The second-order valence-corrected chi connectivity index (χ2v) is 4.40. The summed E-state index contributed by atoms with van der Waals surface area (Å²) in [5.74, 6) is 0.157. The Kier molecular flexibility index (Phi) is 4.55. The SMILES string of the molecule is Cc1cccc(C2=NN(c3ccccc3)C(=O)CO2)n1.Cl. The van der Waals surface area contributed by atoms with Crippen molar-refractivity contribution in [3.8, 4) is 0 Å². The normalized spacial score (nSPS) is 14.0. The van der Waals surface area contributed by atoms with Crippen LogP contribution in [-0.2, 0) is 9.53 Å². The molecule has 0 unspecified atom stereocenters. The van der Waals surface area contributed by atoms with Crippen molar-refractivity contribution < 1.29 is 9.53 Å². The Hall–Kier alpha value is -2.40. The van der Waals surface area contributed by atoms with Gasteiger partial charge < -0.3 is 4.74 Å². The molecule has 2 heterocycles. The first kappa shape index (κ1) is 15.0. The molecule has 0 radical (unpaired) electrons. The maximum absolute atomic E-state index is 11.9. The van der Waals surface area contributed by atoms with Crippen molar-refractivity contribution in [3.63, 3.8) is 0 Å². The maximum atomic E-state index is 11.9. The summed E-state index contributed by atoms with van der Waals surface area (Å²) in [6, 6.07) is 14.9. The van der Waals surface area contributed by atoms with Crippen molar-refractivity contribution in [2.24, 2.45) is 5.10 Å². The Labute approximate surface area is 128 Å². The van der Waals surface area contributed by atoms with Crippen molar-refractivity contribution in [1.82, 2.24) is 4.98 Å². The minimum atomic E-state index is -0.201. The highest BCUT2D eigenvalue weighted by molar-refractivity contribution is 6.03. The molecule has 1 aromatic carbocycles. The van der Waals surface area contributed by atoms with E-state index in [0.29, 0.717) is 17.3 Å². The summed E-state index contributed by atoms with van der Waals surface area (Å²) in [5.41, 5.74) is 2.21. The highest BCUT2D eigenvalue weighted by atomic mass is 35.5.